The van der Waals surface area contributed by atoms with Crippen LogP contribution in [0.1, 0.15) is 44.9 Å². The van der Waals surface area contributed by atoms with Crippen LogP contribution in [0.4, 0.5) is 10.5 Å². The second-order valence-corrected chi connectivity index (χ2v) is 8.30. The molecule has 0 aliphatic heterocycles. The molecule has 0 spiro atoms. The summed E-state index contributed by atoms with van der Waals surface area (Å²) >= 11 is 3.41. The van der Waals surface area contributed by atoms with E-state index in [-0.39, 0.29) is 12.1 Å². The van der Waals surface area contributed by atoms with Crippen molar-refractivity contribution in [2.24, 2.45) is 0 Å². The standard InChI is InChI=1S/C22H34BrN3O2/c1-3-4-15-24-16-5-6-17-28-21-13-11-20(12-14-21)26(2)22(27)25-19-9-7-18(23)8-10-19/h3,7-10,20-21,24H,1,4-6,11-17H2,2H3,(H,25,27). The van der Waals surface area contributed by atoms with Crippen LogP contribution in [0.25, 0.3) is 0 Å². The molecule has 5 nitrogen and oxygen atoms in total. The molecule has 0 heterocycles. The number of amides is 2. The summed E-state index contributed by atoms with van der Waals surface area (Å²) in [5, 5.41) is 6.37. The lowest BCUT2D eigenvalue weighted by atomic mass is 9.92. The summed E-state index contributed by atoms with van der Waals surface area (Å²) in [7, 11) is 1.89. The second-order valence-electron chi connectivity index (χ2n) is 7.38. The number of nitrogens with one attached hydrogen (secondary N) is 2. The zero-order valence-electron chi connectivity index (χ0n) is 17.0. The van der Waals surface area contributed by atoms with Gasteiger partial charge in [0.2, 0.25) is 0 Å². The van der Waals surface area contributed by atoms with Crippen molar-refractivity contribution in [2.45, 2.75) is 57.1 Å². The highest BCUT2D eigenvalue weighted by atomic mass is 79.9. The SMILES string of the molecule is C=CCCNCCCCOC1CCC(N(C)C(=O)Nc2ccc(Br)cc2)CC1. The highest BCUT2D eigenvalue weighted by molar-refractivity contribution is 9.10. The fraction of sp³-hybridized carbons (Fsp3) is 0.591. The molecule has 1 aromatic carbocycles. The van der Waals surface area contributed by atoms with E-state index < -0.39 is 0 Å². The Morgan fingerprint density at radius 1 is 1.21 bits per heavy atom. The molecule has 0 atom stereocenters. The van der Waals surface area contributed by atoms with Gasteiger partial charge in [0.1, 0.15) is 0 Å². The van der Waals surface area contributed by atoms with Crippen LogP contribution in [0.15, 0.2) is 41.4 Å². The average molecular weight is 452 g/mol. The molecule has 0 aromatic heterocycles. The maximum absolute atomic E-state index is 12.5. The first-order valence-electron chi connectivity index (χ1n) is 10.3. The molecule has 0 radical (unpaired) electrons. The van der Waals surface area contributed by atoms with E-state index >= 15 is 0 Å². The predicted octanol–water partition coefficient (Wildman–Crippen LogP) is 5.19. The van der Waals surface area contributed by atoms with E-state index in [1.54, 1.807) is 0 Å². The quantitative estimate of drug-likeness (QED) is 0.359. The number of carbonyl (C=O) groups is 1. The Labute approximate surface area is 178 Å². The van der Waals surface area contributed by atoms with Gasteiger partial charge >= 0.3 is 6.03 Å². The summed E-state index contributed by atoms with van der Waals surface area (Å²) in [5.41, 5.74) is 0.816. The van der Waals surface area contributed by atoms with Gasteiger partial charge < -0.3 is 20.3 Å². The molecular formula is C22H34BrN3O2. The van der Waals surface area contributed by atoms with E-state index in [4.69, 9.17) is 4.74 Å². The molecule has 1 aliphatic carbocycles. The van der Waals surface area contributed by atoms with Crippen LogP contribution in [0, 0.1) is 0 Å². The summed E-state index contributed by atoms with van der Waals surface area (Å²) in [4.78, 5) is 14.3. The van der Waals surface area contributed by atoms with Gasteiger partial charge in [-0.15, -0.1) is 6.58 Å². The van der Waals surface area contributed by atoms with Crippen molar-refractivity contribution in [3.63, 3.8) is 0 Å². The number of halogens is 1. The third-order valence-corrected chi connectivity index (χ3v) is 5.76. The molecule has 156 valence electrons. The topological polar surface area (TPSA) is 53.6 Å². The first-order valence-corrected chi connectivity index (χ1v) is 11.1. The van der Waals surface area contributed by atoms with Crippen molar-refractivity contribution in [1.82, 2.24) is 10.2 Å². The van der Waals surface area contributed by atoms with Crippen LogP contribution in [0.2, 0.25) is 0 Å². The lowest BCUT2D eigenvalue weighted by molar-refractivity contribution is 0.0133. The normalized spacial score (nSPS) is 19.2. The highest BCUT2D eigenvalue weighted by Gasteiger charge is 2.26. The molecular weight excluding hydrogens is 418 g/mol. The van der Waals surface area contributed by atoms with Gasteiger partial charge in [-0.25, -0.2) is 4.79 Å². The van der Waals surface area contributed by atoms with Gasteiger partial charge in [-0.3, -0.25) is 0 Å². The molecule has 0 saturated heterocycles. The maximum atomic E-state index is 12.5. The minimum absolute atomic E-state index is 0.0457. The summed E-state index contributed by atoms with van der Waals surface area (Å²) < 4.78 is 7.04. The summed E-state index contributed by atoms with van der Waals surface area (Å²) in [6.07, 6.45) is 9.59. The number of ether oxygens (including phenoxy) is 1. The lowest BCUT2D eigenvalue weighted by Crippen LogP contribution is -2.42. The Hall–Kier alpha value is -1.37. The third kappa shape index (κ3) is 8.33. The van der Waals surface area contributed by atoms with Crippen molar-refractivity contribution >= 4 is 27.6 Å². The van der Waals surface area contributed by atoms with Gasteiger partial charge in [-0.2, -0.15) is 0 Å². The Kier molecular flexibility index (Phi) is 10.6. The summed E-state index contributed by atoms with van der Waals surface area (Å²) in [6.45, 7) is 6.61. The van der Waals surface area contributed by atoms with Crippen molar-refractivity contribution in [2.75, 3.05) is 32.1 Å². The van der Waals surface area contributed by atoms with Gasteiger partial charge in [0.25, 0.3) is 0 Å². The third-order valence-electron chi connectivity index (χ3n) is 5.23. The lowest BCUT2D eigenvalue weighted by Gasteiger charge is -2.34. The molecule has 0 bridgehead atoms. The number of rotatable bonds is 11. The minimum atomic E-state index is -0.0457. The first-order chi connectivity index (χ1) is 13.6. The number of carbonyl (C=O) groups excluding carboxylic acids is 1. The highest BCUT2D eigenvalue weighted by Crippen LogP contribution is 2.25. The minimum Gasteiger partial charge on any atom is -0.378 e. The molecule has 6 heteroatoms. The smallest absolute Gasteiger partial charge is 0.321 e. The Morgan fingerprint density at radius 3 is 2.61 bits per heavy atom. The molecule has 2 rings (SSSR count). The van der Waals surface area contributed by atoms with Crippen LogP contribution >= 0.6 is 15.9 Å². The number of anilines is 1. The molecule has 1 fully saturated rings. The zero-order valence-corrected chi connectivity index (χ0v) is 18.5. The number of urea groups is 1. The van der Waals surface area contributed by atoms with Crippen LogP contribution in [-0.4, -0.2) is 49.8 Å². The van der Waals surface area contributed by atoms with Gasteiger partial charge in [-0.05, 0) is 82.3 Å². The number of benzene rings is 1. The first kappa shape index (κ1) is 22.9. The molecule has 28 heavy (non-hydrogen) atoms. The second kappa shape index (κ2) is 13.0. The van der Waals surface area contributed by atoms with E-state index in [0.29, 0.717) is 6.10 Å². The number of nitrogens with zero attached hydrogens (tertiary/aromatic N) is 1. The van der Waals surface area contributed by atoms with Gasteiger partial charge in [0.05, 0.1) is 6.10 Å². The van der Waals surface area contributed by atoms with Gasteiger partial charge in [0, 0.05) is 29.9 Å². The number of hydrogen-bond acceptors (Lipinski definition) is 3. The molecule has 0 unspecified atom stereocenters. The summed E-state index contributed by atoms with van der Waals surface area (Å²) in [5.74, 6) is 0. The Balaban J connectivity index is 1.58. The maximum Gasteiger partial charge on any atom is 0.321 e. The fourth-order valence-corrected chi connectivity index (χ4v) is 3.71. The van der Waals surface area contributed by atoms with Gasteiger partial charge in [0.15, 0.2) is 0 Å². The summed E-state index contributed by atoms with van der Waals surface area (Å²) in [6, 6.07) is 7.89. The van der Waals surface area contributed by atoms with E-state index in [2.05, 4.69) is 33.1 Å². The largest absolute Gasteiger partial charge is 0.378 e. The van der Waals surface area contributed by atoms with Crippen molar-refractivity contribution in [1.29, 1.82) is 0 Å². The van der Waals surface area contributed by atoms with Crippen molar-refractivity contribution < 1.29 is 9.53 Å². The van der Waals surface area contributed by atoms with Crippen molar-refractivity contribution in [3.8, 4) is 0 Å². The van der Waals surface area contributed by atoms with Crippen molar-refractivity contribution in [3.05, 3.63) is 41.4 Å². The monoisotopic (exact) mass is 451 g/mol. The molecule has 1 saturated carbocycles. The molecule has 2 N–H and O–H groups in total. The van der Waals surface area contributed by atoms with E-state index in [1.165, 1.54) is 0 Å². The van der Waals surface area contributed by atoms with Gasteiger partial charge in [-0.1, -0.05) is 22.0 Å². The fourth-order valence-electron chi connectivity index (χ4n) is 3.44. The average Bonchev–Trinajstić information content (AvgIpc) is 2.71. The zero-order chi connectivity index (χ0) is 20.2. The molecule has 1 aliphatic rings. The molecule has 1 aromatic rings. The van der Waals surface area contributed by atoms with E-state index in [0.717, 1.165) is 74.8 Å². The van der Waals surface area contributed by atoms with E-state index in [1.807, 2.05) is 42.3 Å². The Bertz CT molecular complexity index is 586. The number of hydrogen-bond donors (Lipinski definition) is 2. The van der Waals surface area contributed by atoms with Crippen LogP contribution in [-0.2, 0) is 4.74 Å². The number of unbranched alkanes of at least 4 members (excludes halogenated alkanes) is 1. The molecule has 2 amide bonds. The Morgan fingerprint density at radius 2 is 1.93 bits per heavy atom. The van der Waals surface area contributed by atoms with Crippen LogP contribution < -0.4 is 10.6 Å². The van der Waals surface area contributed by atoms with Crippen LogP contribution in [0.5, 0.6) is 0 Å². The predicted molar refractivity (Wildman–Crippen MR) is 120 cm³/mol. The van der Waals surface area contributed by atoms with Crippen LogP contribution in [0.3, 0.4) is 0 Å². The van der Waals surface area contributed by atoms with E-state index in [9.17, 15) is 4.79 Å².